The molecule has 1 aromatic heterocycles. The zero-order valence-electron chi connectivity index (χ0n) is 16.4. The number of rotatable bonds is 6. The maximum atomic E-state index is 12.6. The van der Waals surface area contributed by atoms with Crippen molar-refractivity contribution in [1.82, 2.24) is 4.98 Å². The molecule has 1 N–H and O–H groups in total. The molecule has 2 heterocycles. The van der Waals surface area contributed by atoms with Crippen molar-refractivity contribution in [1.29, 1.82) is 0 Å². The molecule has 3 aromatic rings. The summed E-state index contributed by atoms with van der Waals surface area (Å²) in [5.74, 6) is 2.53. The molecule has 0 bridgehead atoms. The molecule has 1 aliphatic heterocycles. The molecule has 0 saturated carbocycles. The summed E-state index contributed by atoms with van der Waals surface area (Å²) in [6.45, 7) is 1.01. The van der Waals surface area contributed by atoms with Gasteiger partial charge in [0, 0.05) is 15.4 Å². The van der Waals surface area contributed by atoms with E-state index in [1.807, 2.05) is 35.7 Å². The topological polar surface area (TPSA) is 78.9 Å². The quantitative estimate of drug-likeness (QED) is 0.546. The van der Waals surface area contributed by atoms with E-state index in [9.17, 15) is 4.79 Å². The fourth-order valence-electron chi connectivity index (χ4n) is 3.05. The largest absolute Gasteiger partial charge is 0.497 e. The number of hydrogen-bond acceptors (Lipinski definition) is 7. The number of methoxy groups -OCH3 is 2. The second-order valence-corrected chi connectivity index (χ2v) is 8.13. The third kappa shape index (κ3) is 4.36. The van der Waals surface area contributed by atoms with Crippen LogP contribution in [-0.4, -0.2) is 38.3 Å². The Labute approximate surface area is 186 Å². The van der Waals surface area contributed by atoms with Crippen LogP contribution in [0.1, 0.15) is 5.56 Å². The minimum Gasteiger partial charge on any atom is -0.497 e. The van der Waals surface area contributed by atoms with Gasteiger partial charge in [-0.2, -0.15) is 0 Å². The Morgan fingerprint density at radius 2 is 1.93 bits per heavy atom. The Kier molecular flexibility index (Phi) is 6.10. The van der Waals surface area contributed by atoms with Crippen LogP contribution < -0.4 is 24.3 Å². The van der Waals surface area contributed by atoms with Gasteiger partial charge in [-0.3, -0.25) is 4.79 Å². The number of hydrogen-bond donors (Lipinski definition) is 1. The van der Waals surface area contributed by atoms with Crippen molar-refractivity contribution in [3.05, 3.63) is 45.7 Å². The molecule has 0 spiro atoms. The standard InChI is InChI=1S/C21H19BrN2O5S/c1-26-13-3-4-17(27-2)14(9-13)16-11-30-21(23-16)24-20(25)8-12-7-18-19(10-15(12)22)29-6-5-28-18/h3-4,7,9-11H,5-6,8H2,1-2H3,(H,23,24,25). The molecule has 4 rings (SSSR count). The van der Waals surface area contributed by atoms with E-state index in [2.05, 4.69) is 26.2 Å². The van der Waals surface area contributed by atoms with Crippen LogP contribution in [-0.2, 0) is 11.2 Å². The second-order valence-electron chi connectivity index (χ2n) is 6.42. The van der Waals surface area contributed by atoms with E-state index in [0.717, 1.165) is 15.6 Å². The lowest BCUT2D eigenvalue weighted by Gasteiger charge is -2.19. The van der Waals surface area contributed by atoms with Gasteiger partial charge in [0.2, 0.25) is 5.91 Å². The summed E-state index contributed by atoms with van der Waals surface area (Å²) < 4.78 is 22.7. The van der Waals surface area contributed by atoms with E-state index in [-0.39, 0.29) is 12.3 Å². The van der Waals surface area contributed by atoms with Gasteiger partial charge in [-0.1, -0.05) is 15.9 Å². The zero-order valence-corrected chi connectivity index (χ0v) is 18.8. The highest BCUT2D eigenvalue weighted by molar-refractivity contribution is 9.10. The smallest absolute Gasteiger partial charge is 0.230 e. The molecule has 7 nitrogen and oxygen atoms in total. The molecule has 0 radical (unpaired) electrons. The first-order valence-electron chi connectivity index (χ1n) is 9.13. The maximum Gasteiger partial charge on any atom is 0.230 e. The van der Waals surface area contributed by atoms with Crippen LogP contribution in [0.5, 0.6) is 23.0 Å². The molecule has 0 aliphatic carbocycles. The molecule has 0 unspecified atom stereocenters. The summed E-state index contributed by atoms with van der Waals surface area (Å²) in [6, 6.07) is 9.15. The molecule has 2 aromatic carbocycles. The molecule has 0 atom stereocenters. The molecule has 156 valence electrons. The number of anilines is 1. The number of carbonyl (C=O) groups is 1. The summed E-state index contributed by atoms with van der Waals surface area (Å²) >= 11 is 4.85. The number of benzene rings is 2. The number of carbonyl (C=O) groups excluding carboxylic acids is 1. The summed E-state index contributed by atoms with van der Waals surface area (Å²) in [4.78, 5) is 17.1. The minimum absolute atomic E-state index is 0.175. The SMILES string of the molecule is COc1ccc(OC)c(-c2csc(NC(=O)Cc3cc4c(cc3Br)OCCO4)n2)c1. The average molecular weight is 491 g/mol. The normalized spacial score (nSPS) is 12.4. The lowest BCUT2D eigenvalue weighted by Crippen LogP contribution is -2.17. The summed E-state index contributed by atoms with van der Waals surface area (Å²) in [5, 5.41) is 5.23. The lowest BCUT2D eigenvalue weighted by atomic mass is 10.1. The molecule has 1 amide bonds. The third-order valence-corrected chi connectivity index (χ3v) is 5.99. The van der Waals surface area contributed by atoms with Crippen molar-refractivity contribution in [2.24, 2.45) is 0 Å². The number of nitrogens with one attached hydrogen (secondary N) is 1. The van der Waals surface area contributed by atoms with Gasteiger partial charge in [0.25, 0.3) is 0 Å². The van der Waals surface area contributed by atoms with Gasteiger partial charge in [0.15, 0.2) is 16.6 Å². The Hall–Kier alpha value is -2.78. The summed E-state index contributed by atoms with van der Waals surface area (Å²) in [7, 11) is 3.21. The van der Waals surface area contributed by atoms with Gasteiger partial charge in [-0.15, -0.1) is 11.3 Å². The second kappa shape index (κ2) is 8.93. The van der Waals surface area contributed by atoms with Crippen LogP contribution in [0.25, 0.3) is 11.3 Å². The van der Waals surface area contributed by atoms with E-state index in [1.165, 1.54) is 11.3 Å². The van der Waals surface area contributed by atoms with Gasteiger partial charge in [0.05, 0.1) is 26.3 Å². The van der Waals surface area contributed by atoms with Crippen molar-refractivity contribution in [2.45, 2.75) is 6.42 Å². The van der Waals surface area contributed by atoms with E-state index < -0.39 is 0 Å². The van der Waals surface area contributed by atoms with E-state index in [1.54, 1.807) is 14.2 Å². The summed E-state index contributed by atoms with van der Waals surface area (Å²) in [5.41, 5.74) is 2.30. The van der Waals surface area contributed by atoms with Gasteiger partial charge in [-0.25, -0.2) is 4.98 Å². The van der Waals surface area contributed by atoms with Gasteiger partial charge in [0.1, 0.15) is 24.7 Å². The number of aromatic nitrogens is 1. The number of ether oxygens (including phenoxy) is 4. The van der Waals surface area contributed by atoms with Crippen LogP contribution in [0.2, 0.25) is 0 Å². The van der Waals surface area contributed by atoms with Crippen molar-refractivity contribution < 1.29 is 23.7 Å². The van der Waals surface area contributed by atoms with Crippen LogP contribution >= 0.6 is 27.3 Å². The Balaban J connectivity index is 1.49. The van der Waals surface area contributed by atoms with Crippen LogP contribution in [0.3, 0.4) is 0 Å². The van der Waals surface area contributed by atoms with E-state index in [0.29, 0.717) is 47.0 Å². The number of amides is 1. The first kappa shape index (κ1) is 20.5. The van der Waals surface area contributed by atoms with E-state index in [4.69, 9.17) is 18.9 Å². The third-order valence-electron chi connectivity index (χ3n) is 4.50. The average Bonchev–Trinajstić information content (AvgIpc) is 3.21. The monoisotopic (exact) mass is 490 g/mol. The molecule has 1 aliphatic rings. The molecular weight excluding hydrogens is 472 g/mol. The first-order chi connectivity index (χ1) is 14.6. The highest BCUT2D eigenvalue weighted by Gasteiger charge is 2.18. The van der Waals surface area contributed by atoms with Crippen LogP contribution in [0.15, 0.2) is 40.2 Å². The van der Waals surface area contributed by atoms with Crippen molar-refractivity contribution in [3.8, 4) is 34.3 Å². The van der Waals surface area contributed by atoms with Crippen molar-refractivity contribution in [3.63, 3.8) is 0 Å². The fourth-order valence-corrected chi connectivity index (χ4v) is 4.24. The molecule has 9 heteroatoms. The Morgan fingerprint density at radius 3 is 2.67 bits per heavy atom. The fraction of sp³-hybridized carbons (Fsp3) is 0.238. The Morgan fingerprint density at radius 1 is 1.17 bits per heavy atom. The summed E-state index contributed by atoms with van der Waals surface area (Å²) in [6.07, 6.45) is 0.175. The highest BCUT2D eigenvalue weighted by atomic mass is 79.9. The number of fused-ring (bicyclic) bond motifs is 1. The molecule has 0 fully saturated rings. The lowest BCUT2D eigenvalue weighted by molar-refractivity contribution is -0.115. The number of thiazole rings is 1. The van der Waals surface area contributed by atoms with Crippen molar-refractivity contribution >= 4 is 38.3 Å². The predicted molar refractivity (Wildman–Crippen MR) is 118 cm³/mol. The first-order valence-corrected chi connectivity index (χ1v) is 10.8. The predicted octanol–water partition coefficient (Wildman–Crippen LogP) is 4.54. The number of halogens is 1. The van der Waals surface area contributed by atoms with Gasteiger partial charge < -0.3 is 24.3 Å². The van der Waals surface area contributed by atoms with E-state index >= 15 is 0 Å². The molecule has 0 saturated heterocycles. The van der Waals surface area contributed by atoms with Crippen molar-refractivity contribution in [2.75, 3.05) is 32.8 Å². The zero-order chi connectivity index (χ0) is 21.1. The van der Waals surface area contributed by atoms with Crippen LogP contribution in [0, 0.1) is 0 Å². The van der Waals surface area contributed by atoms with Gasteiger partial charge >= 0.3 is 0 Å². The molecule has 30 heavy (non-hydrogen) atoms. The minimum atomic E-state index is -0.175. The van der Waals surface area contributed by atoms with Crippen LogP contribution in [0.4, 0.5) is 5.13 Å². The highest BCUT2D eigenvalue weighted by Crippen LogP contribution is 2.37. The number of nitrogens with zero attached hydrogens (tertiary/aromatic N) is 1. The molecular formula is C21H19BrN2O5S. The Bertz CT molecular complexity index is 1090. The maximum absolute atomic E-state index is 12.6. The van der Waals surface area contributed by atoms with Gasteiger partial charge in [-0.05, 0) is 35.9 Å².